The molecule has 0 bridgehead atoms. The molecule has 5 nitrogen and oxygen atoms in total. The van der Waals surface area contributed by atoms with Crippen LogP contribution in [-0.2, 0) is 17.9 Å². The largest absolute Gasteiger partial charge is 0.467 e. The molecule has 2 aliphatic rings. The van der Waals surface area contributed by atoms with Crippen LogP contribution in [0.15, 0.2) is 17.1 Å². The summed E-state index contributed by atoms with van der Waals surface area (Å²) in [7, 11) is 0. The topological polar surface area (TPSA) is 68.9 Å². The van der Waals surface area contributed by atoms with Gasteiger partial charge >= 0.3 is 0 Å². The monoisotopic (exact) mass is 293 g/mol. The first-order valence-corrected chi connectivity index (χ1v) is 7.30. The van der Waals surface area contributed by atoms with Gasteiger partial charge in [0.05, 0.1) is 13.2 Å². The van der Waals surface area contributed by atoms with E-state index in [0.717, 1.165) is 12.8 Å². The molecular weight excluding hydrogens is 273 g/mol. The van der Waals surface area contributed by atoms with Gasteiger partial charge in [0.1, 0.15) is 11.6 Å². The van der Waals surface area contributed by atoms with Crippen molar-refractivity contribution in [3.05, 3.63) is 29.1 Å². The van der Waals surface area contributed by atoms with Gasteiger partial charge in [-0.15, -0.1) is 0 Å². The highest BCUT2D eigenvalue weighted by atomic mass is 19.1. The normalized spacial score (nSPS) is 19.2. The van der Waals surface area contributed by atoms with Crippen molar-refractivity contribution in [1.29, 1.82) is 0 Å². The number of halogens is 1. The number of benzene rings is 1. The van der Waals surface area contributed by atoms with Crippen molar-refractivity contribution in [3.8, 4) is 5.75 Å². The summed E-state index contributed by atoms with van der Waals surface area (Å²) in [4.78, 5) is 4.30. The summed E-state index contributed by atoms with van der Waals surface area (Å²) in [5.41, 5.74) is 7.31. The summed E-state index contributed by atoms with van der Waals surface area (Å²) in [5, 5.41) is 3.21. The molecule has 1 aromatic carbocycles. The summed E-state index contributed by atoms with van der Waals surface area (Å²) in [6.45, 7) is 0.844. The van der Waals surface area contributed by atoms with E-state index in [1.54, 1.807) is 0 Å². The lowest BCUT2D eigenvalue weighted by Gasteiger charge is -2.20. The Hall–Kier alpha value is -1.82. The van der Waals surface area contributed by atoms with Crippen LogP contribution in [0.25, 0.3) is 0 Å². The standard InChI is InChI=1S/C15H20FN3O2/c16-12-5-10(14-11(6-12)8-20-9-21-14)7-18-15(17)19-13-3-1-2-4-13/h5-6,13H,1-4,7-9H2,(H3,17,18,19). The van der Waals surface area contributed by atoms with Crippen LogP contribution < -0.4 is 15.8 Å². The Kier molecular flexibility index (Phi) is 4.24. The number of guanidine groups is 1. The number of rotatable bonds is 3. The van der Waals surface area contributed by atoms with Gasteiger partial charge in [0.25, 0.3) is 0 Å². The Labute approximate surface area is 123 Å². The molecule has 0 saturated heterocycles. The van der Waals surface area contributed by atoms with Crippen LogP contribution in [-0.4, -0.2) is 18.8 Å². The number of nitrogens with one attached hydrogen (secondary N) is 1. The number of hydrogen-bond acceptors (Lipinski definition) is 3. The van der Waals surface area contributed by atoms with E-state index in [0.29, 0.717) is 42.0 Å². The molecular formula is C15H20FN3O2. The molecule has 0 radical (unpaired) electrons. The number of aliphatic imine (C=N–C) groups is 1. The van der Waals surface area contributed by atoms with Crippen molar-refractivity contribution in [2.45, 2.75) is 44.9 Å². The minimum atomic E-state index is -0.310. The molecule has 1 aliphatic heterocycles. The van der Waals surface area contributed by atoms with Gasteiger partial charge in [-0.25, -0.2) is 9.38 Å². The number of nitrogens with two attached hydrogens (primary N) is 1. The SMILES string of the molecule is NC(=NCc1cc(F)cc2c1OCOC2)NC1CCCC1. The van der Waals surface area contributed by atoms with E-state index < -0.39 is 0 Å². The Morgan fingerprint density at radius 3 is 3.00 bits per heavy atom. The highest BCUT2D eigenvalue weighted by Crippen LogP contribution is 2.29. The second kappa shape index (κ2) is 6.30. The van der Waals surface area contributed by atoms with Crippen molar-refractivity contribution >= 4 is 5.96 Å². The molecule has 1 aromatic rings. The molecule has 3 N–H and O–H groups in total. The van der Waals surface area contributed by atoms with Crippen LogP contribution in [0, 0.1) is 5.82 Å². The van der Waals surface area contributed by atoms with Crippen LogP contribution in [0.4, 0.5) is 4.39 Å². The summed E-state index contributed by atoms with van der Waals surface area (Å²) < 4.78 is 24.2. The first kappa shape index (κ1) is 14.1. The fraction of sp³-hybridized carbons (Fsp3) is 0.533. The Bertz CT molecular complexity index is 542. The van der Waals surface area contributed by atoms with Gasteiger partial charge in [0.15, 0.2) is 12.8 Å². The maximum Gasteiger partial charge on any atom is 0.189 e. The van der Waals surface area contributed by atoms with E-state index >= 15 is 0 Å². The van der Waals surface area contributed by atoms with Crippen LogP contribution in [0.3, 0.4) is 0 Å². The number of nitrogens with zero attached hydrogens (tertiary/aromatic N) is 1. The lowest BCUT2D eigenvalue weighted by atomic mass is 10.1. The molecule has 0 spiro atoms. The summed E-state index contributed by atoms with van der Waals surface area (Å²) in [6, 6.07) is 3.29. The van der Waals surface area contributed by atoms with Crippen LogP contribution in [0.2, 0.25) is 0 Å². The van der Waals surface area contributed by atoms with Gasteiger partial charge in [-0.3, -0.25) is 0 Å². The molecule has 6 heteroatoms. The highest BCUT2D eigenvalue weighted by Gasteiger charge is 2.17. The molecule has 114 valence electrons. The fourth-order valence-electron chi connectivity index (χ4n) is 2.87. The number of ether oxygens (including phenoxy) is 2. The van der Waals surface area contributed by atoms with Crippen molar-refractivity contribution < 1.29 is 13.9 Å². The van der Waals surface area contributed by atoms with E-state index in [1.807, 2.05) is 0 Å². The average Bonchev–Trinajstić information content (AvgIpc) is 2.97. The van der Waals surface area contributed by atoms with E-state index in [9.17, 15) is 4.39 Å². The molecule has 0 amide bonds. The van der Waals surface area contributed by atoms with E-state index in [2.05, 4.69) is 10.3 Å². The molecule has 3 rings (SSSR count). The molecule has 0 aromatic heterocycles. The molecule has 1 saturated carbocycles. The predicted octanol–water partition coefficient (Wildman–Crippen LogP) is 2.04. The summed E-state index contributed by atoms with van der Waals surface area (Å²) in [6.07, 6.45) is 4.73. The van der Waals surface area contributed by atoms with Crippen LogP contribution in [0.1, 0.15) is 36.8 Å². The smallest absolute Gasteiger partial charge is 0.189 e. The lowest BCUT2D eigenvalue weighted by molar-refractivity contribution is -0.0172. The fourth-order valence-corrected chi connectivity index (χ4v) is 2.87. The summed E-state index contributed by atoms with van der Waals surface area (Å²) >= 11 is 0. The third-order valence-corrected chi connectivity index (χ3v) is 3.88. The Morgan fingerprint density at radius 1 is 1.38 bits per heavy atom. The van der Waals surface area contributed by atoms with Crippen molar-refractivity contribution in [2.75, 3.05) is 6.79 Å². The van der Waals surface area contributed by atoms with Gasteiger partial charge in [-0.1, -0.05) is 12.8 Å². The van der Waals surface area contributed by atoms with E-state index in [4.69, 9.17) is 15.2 Å². The number of fused-ring (bicyclic) bond motifs is 1. The van der Waals surface area contributed by atoms with Crippen molar-refractivity contribution in [2.24, 2.45) is 10.7 Å². The molecule has 0 atom stereocenters. The quantitative estimate of drug-likeness (QED) is 0.661. The molecule has 0 unspecified atom stereocenters. The second-order valence-electron chi connectivity index (χ2n) is 5.49. The third-order valence-electron chi connectivity index (χ3n) is 3.88. The molecule has 21 heavy (non-hydrogen) atoms. The molecule has 1 fully saturated rings. The Morgan fingerprint density at radius 2 is 2.19 bits per heavy atom. The van der Waals surface area contributed by atoms with Gasteiger partial charge in [-0.05, 0) is 25.0 Å². The minimum Gasteiger partial charge on any atom is -0.467 e. The third kappa shape index (κ3) is 3.44. The highest BCUT2D eigenvalue weighted by molar-refractivity contribution is 5.78. The first-order valence-electron chi connectivity index (χ1n) is 7.30. The van der Waals surface area contributed by atoms with E-state index in [-0.39, 0.29) is 12.6 Å². The first-order chi connectivity index (χ1) is 10.2. The average molecular weight is 293 g/mol. The predicted molar refractivity (Wildman–Crippen MR) is 77.4 cm³/mol. The van der Waals surface area contributed by atoms with Gasteiger partial charge < -0.3 is 20.5 Å². The van der Waals surface area contributed by atoms with Crippen molar-refractivity contribution in [3.63, 3.8) is 0 Å². The Balaban J connectivity index is 1.70. The second-order valence-corrected chi connectivity index (χ2v) is 5.49. The minimum absolute atomic E-state index is 0.186. The number of hydrogen-bond donors (Lipinski definition) is 2. The maximum absolute atomic E-state index is 13.6. The van der Waals surface area contributed by atoms with Crippen LogP contribution in [0.5, 0.6) is 5.75 Å². The lowest BCUT2D eigenvalue weighted by Crippen LogP contribution is -2.38. The maximum atomic E-state index is 13.6. The zero-order chi connectivity index (χ0) is 14.7. The van der Waals surface area contributed by atoms with Gasteiger partial charge in [0, 0.05) is 17.2 Å². The van der Waals surface area contributed by atoms with Crippen LogP contribution >= 0.6 is 0 Å². The van der Waals surface area contributed by atoms with Gasteiger partial charge in [0.2, 0.25) is 0 Å². The van der Waals surface area contributed by atoms with Crippen molar-refractivity contribution in [1.82, 2.24) is 5.32 Å². The zero-order valence-corrected chi connectivity index (χ0v) is 11.9. The molecule has 1 aliphatic carbocycles. The summed E-state index contributed by atoms with van der Waals surface area (Å²) in [5.74, 6) is 0.766. The zero-order valence-electron chi connectivity index (χ0n) is 11.9. The molecule has 1 heterocycles. The van der Waals surface area contributed by atoms with Gasteiger partial charge in [-0.2, -0.15) is 0 Å². The van der Waals surface area contributed by atoms with E-state index in [1.165, 1.54) is 25.0 Å².